The molecule has 0 saturated carbocycles. The second-order valence-electron chi connectivity index (χ2n) is 6.07. The third-order valence-corrected chi connectivity index (χ3v) is 6.64. The van der Waals surface area contributed by atoms with Gasteiger partial charge in [-0.3, -0.25) is 0 Å². The maximum atomic E-state index is 12.9. The molecule has 0 radical (unpaired) electrons. The van der Waals surface area contributed by atoms with Gasteiger partial charge >= 0.3 is 0 Å². The number of sulfonamides is 1. The molecular formula is C19H20ClNO2S. The van der Waals surface area contributed by atoms with E-state index in [-0.39, 0.29) is 5.92 Å². The average molecular weight is 362 g/mol. The van der Waals surface area contributed by atoms with Crippen LogP contribution in [0.4, 0.5) is 0 Å². The Morgan fingerprint density at radius 2 is 1.75 bits per heavy atom. The summed E-state index contributed by atoms with van der Waals surface area (Å²) in [5.41, 5.74) is 4.82. The highest BCUT2D eigenvalue weighted by molar-refractivity contribution is 7.89. The molecule has 1 saturated heterocycles. The van der Waals surface area contributed by atoms with E-state index < -0.39 is 10.0 Å². The van der Waals surface area contributed by atoms with Crippen LogP contribution in [0.3, 0.4) is 0 Å². The second kappa shape index (κ2) is 7.09. The molecule has 126 valence electrons. The molecule has 1 aliphatic rings. The SMILES string of the molecule is Cc1ccc(S(=O)(=O)N2CC/C(=C\Cl)C(c3ccccc3)C2)cc1. The lowest BCUT2D eigenvalue weighted by atomic mass is 9.88. The summed E-state index contributed by atoms with van der Waals surface area (Å²) in [5, 5.41) is 0. The van der Waals surface area contributed by atoms with E-state index in [1.165, 1.54) is 0 Å². The first-order valence-corrected chi connectivity index (χ1v) is 9.81. The van der Waals surface area contributed by atoms with Gasteiger partial charge in [-0.15, -0.1) is 0 Å². The lowest BCUT2D eigenvalue weighted by Gasteiger charge is -2.34. The first-order valence-electron chi connectivity index (χ1n) is 7.93. The Morgan fingerprint density at radius 1 is 1.08 bits per heavy atom. The van der Waals surface area contributed by atoms with Gasteiger partial charge in [-0.25, -0.2) is 8.42 Å². The van der Waals surface area contributed by atoms with E-state index in [0.717, 1.165) is 16.7 Å². The lowest BCUT2D eigenvalue weighted by molar-refractivity contribution is 0.363. The van der Waals surface area contributed by atoms with Crippen LogP contribution in [0, 0.1) is 6.92 Å². The van der Waals surface area contributed by atoms with Gasteiger partial charge in [0.25, 0.3) is 0 Å². The lowest BCUT2D eigenvalue weighted by Crippen LogP contribution is -2.40. The fourth-order valence-corrected chi connectivity index (χ4v) is 4.77. The van der Waals surface area contributed by atoms with Crippen LogP contribution in [0.2, 0.25) is 0 Å². The second-order valence-corrected chi connectivity index (χ2v) is 8.23. The summed E-state index contributed by atoms with van der Waals surface area (Å²) < 4.78 is 27.5. The molecule has 1 aliphatic heterocycles. The monoisotopic (exact) mass is 361 g/mol. The molecule has 1 heterocycles. The summed E-state index contributed by atoms with van der Waals surface area (Å²) in [7, 11) is -3.49. The van der Waals surface area contributed by atoms with Crippen molar-refractivity contribution in [2.75, 3.05) is 13.1 Å². The van der Waals surface area contributed by atoms with Crippen LogP contribution in [0.15, 0.2) is 70.6 Å². The molecule has 0 spiro atoms. The van der Waals surface area contributed by atoms with Crippen molar-refractivity contribution in [3.63, 3.8) is 0 Å². The Hall–Kier alpha value is -1.62. The third-order valence-electron chi connectivity index (χ3n) is 4.48. The van der Waals surface area contributed by atoms with E-state index >= 15 is 0 Å². The Labute approximate surface area is 148 Å². The topological polar surface area (TPSA) is 37.4 Å². The fraction of sp³-hybridized carbons (Fsp3) is 0.263. The van der Waals surface area contributed by atoms with Gasteiger partial charge in [0.2, 0.25) is 10.0 Å². The minimum atomic E-state index is -3.49. The van der Waals surface area contributed by atoms with Gasteiger partial charge in [-0.05, 0) is 36.6 Å². The Kier molecular flexibility index (Phi) is 5.09. The van der Waals surface area contributed by atoms with Gasteiger partial charge in [0.1, 0.15) is 0 Å². The van der Waals surface area contributed by atoms with Gasteiger partial charge in [-0.2, -0.15) is 4.31 Å². The van der Waals surface area contributed by atoms with Gasteiger partial charge in [-0.1, -0.05) is 59.6 Å². The van der Waals surface area contributed by atoms with Crippen LogP contribution < -0.4 is 0 Å². The summed E-state index contributed by atoms with van der Waals surface area (Å²) in [6, 6.07) is 16.9. The number of benzene rings is 2. The molecule has 2 aromatic rings. The van der Waals surface area contributed by atoms with Crippen LogP contribution in [0.5, 0.6) is 0 Å². The van der Waals surface area contributed by atoms with Gasteiger partial charge in [0, 0.05) is 24.5 Å². The maximum absolute atomic E-state index is 12.9. The van der Waals surface area contributed by atoms with E-state index in [2.05, 4.69) is 0 Å². The van der Waals surface area contributed by atoms with Crippen molar-refractivity contribution in [3.8, 4) is 0 Å². The first-order chi connectivity index (χ1) is 11.5. The molecule has 3 rings (SSSR count). The Balaban J connectivity index is 1.91. The minimum Gasteiger partial charge on any atom is -0.207 e. The first kappa shape index (κ1) is 17.2. The molecule has 24 heavy (non-hydrogen) atoms. The van der Waals surface area contributed by atoms with E-state index in [9.17, 15) is 8.42 Å². The van der Waals surface area contributed by atoms with Gasteiger partial charge in [0.15, 0.2) is 0 Å². The number of hydrogen-bond acceptors (Lipinski definition) is 2. The zero-order valence-electron chi connectivity index (χ0n) is 13.5. The van der Waals surface area contributed by atoms with Crippen molar-refractivity contribution in [2.45, 2.75) is 24.2 Å². The molecule has 0 N–H and O–H groups in total. The number of rotatable bonds is 3. The predicted molar refractivity (Wildman–Crippen MR) is 97.7 cm³/mol. The summed E-state index contributed by atoms with van der Waals surface area (Å²) in [4.78, 5) is 0.346. The minimum absolute atomic E-state index is 0.00215. The van der Waals surface area contributed by atoms with Crippen LogP contribution in [0.25, 0.3) is 0 Å². The van der Waals surface area contributed by atoms with Crippen LogP contribution in [-0.2, 0) is 10.0 Å². The average Bonchev–Trinajstić information content (AvgIpc) is 2.62. The number of nitrogens with zero attached hydrogens (tertiary/aromatic N) is 1. The molecule has 1 atom stereocenters. The van der Waals surface area contributed by atoms with Crippen LogP contribution in [-0.4, -0.2) is 25.8 Å². The molecule has 1 fully saturated rings. The van der Waals surface area contributed by atoms with Gasteiger partial charge in [0.05, 0.1) is 4.90 Å². The Morgan fingerprint density at radius 3 is 2.38 bits per heavy atom. The fourth-order valence-electron chi connectivity index (χ4n) is 3.05. The van der Waals surface area contributed by atoms with Crippen molar-refractivity contribution < 1.29 is 8.42 Å². The summed E-state index contributed by atoms with van der Waals surface area (Å²) in [6.07, 6.45) is 0.647. The van der Waals surface area contributed by atoms with Crippen molar-refractivity contribution in [2.24, 2.45) is 0 Å². The number of piperidine rings is 1. The molecule has 5 heteroatoms. The molecule has 0 aromatic heterocycles. The molecule has 1 unspecified atom stereocenters. The quantitative estimate of drug-likeness (QED) is 0.817. The zero-order valence-corrected chi connectivity index (χ0v) is 15.1. The van der Waals surface area contributed by atoms with Crippen molar-refractivity contribution in [3.05, 3.63) is 76.8 Å². The smallest absolute Gasteiger partial charge is 0.207 e. The van der Waals surface area contributed by atoms with E-state index in [1.807, 2.05) is 49.4 Å². The number of hydrogen-bond donors (Lipinski definition) is 0. The van der Waals surface area contributed by atoms with E-state index in [1.54, 1.807) is 22.0 Å². The molecule has 3 nitrogen and oxygen atoms in total. The number of aryl methyl sites for hydroxylation is 1. The zero-order chi connectivity index (χ0) is 17.2. The highest BCUT2D eigenvalue weighted by atomic mass is 35.5. The van der Waals surface area contributed by atoms with Crippen LogP contribution in [0.1, 0.15) is 23.5 Å². The Bertz CT molecular complexity index is 829. The van der Waals surface area contributed by atoms with E-state index in [0.29, 0.717) is 24.4 Å². The van der Waals surface area contributed by atoms with Crippen molar-refractivity contribution in [1.82, 2.24) is 4.31 Å². The normalized spacial score (nSPS) is 21.1. The van der Waals surface area contributed by atoms with E-state index in [4.69, 9.17) is 11.6 Å². The van der Waals surface area contributed by atoms with Crippen LogP contribution >= 0.6 is 11.6 Å². The summed E-state index contributed by atoms with van der Waals surface area (Å²) in [5.74, 6) is -0.00215. The molecule has 0 amide bonds. The summed E-state index contributed by atoms with van der Waals surface area (Å²) >= 11 is 5.99. The molecule has 0 aliphatic carbocycles. The largest absolute Gasteiger partial charge is 0.243 e. The molecule has 2 aromatic carbocycles. The standard InChI is InChI=1S/C19H20ClNO2S/c1-15-7-9-18(10-8-15)24(22,23)21-12-11-17(13-20)19(14-21)16-5-3-2-4-6-16/h2-10,13,19H,11-12,14H2,1H3/b17-13+. The third kappa shape index (κ3) is 3.41. The molecule has 0 bridgehead atoms. The highest BCUT2D eigenvalue weighted by Gasteiger charge is 2.33. The predicted octanol–water partition coefficient (Wildman–Crippen LogP) is 4.30. The molecular weight excluding hydrogens is 342 g/mol. The van der Waals surface area contributed by atoms with Crippen molar-refractivity contribution >= 4 is 21.6 Å². The highest BCUT2D eigenvalue weighted by Crippen LogP contribution is 2.34. The number of halogens is 1. The van der Waals surface area contributed by atoms with Crippen molar-refractivity contribution in [1.29, 1.82) is 0 Å². The maximum Gasteiger partial charge on any atom is 0.243 e. The summed E-state index contributed by atoms with van der Waals surface area (Å²) in [6.45, 7) is 2.82. The van der Waals surface area contributed by atoms with Gasteiger partial charge < -0.3 is 0 Å².